The van der Waals surface area contributed by atoms with Crippen molar-refractivity contribution in [2.24, 2.45) is 0 Å². The van der Waals surface area contributed by atoms with Gasteiger partial charge in [-0.2, -0.15) is 5.10 Å². The number of hydrogen-bond donors (Lipinski definition) is 0. The lowest BCUT2D eigenvalue weighted by molar-refractivity contribution is -0.0350. The molecule has 0 N–H and O–H groups in total. The molecule has 1 fully saturated rings. The number of pyridine rings is 1. The number of rotatable bonds is 5. The number of morpholine rings is 1. The average Bonchev–Trinajstić information content (AvgIpc) is 3.08. The van der Waals surface area contributed by atoms with E-state index < -0.39 is 0 Å². The lowest BCUT2D eigenvalue weighted by Crippen LogP contribution is -2.38. The van der Waals surface area contributed by atoms with Gasteiger partial charge in [0.2, 0.25) is 0 Å². The third-order valence-electron chi connectivity index (χ3n) is 5.22. The van der Waals surface area contributed by atoms with E-state index in [9.17, 15) is 4.39 Å². The predicted molar refractivity (Wildman–Crippen MR) is 106 cm³/mol. The first kappa shape index (κ1) is 18.8. The van der Waals surface area contributed by atoms with Crippen LogP contribution in [0, 0.1) is 12.7 Å². The van der Waals surface area contributed by atoms with Crippen molar-refractivity contribution in [1.29, 1.82) is 0 Å². The van der Waals surface area contributed by atoms with Gasteiger partial charge in [-0.3, -0.25) is 14.6 Å². The smallest absolute Gasteiger partial charge is 0.131 e. The van der Waals surface area contributed by atoms with Crippen molar-refractivity contribution in [2.45, 2.75) is 33.0 Å². The lowest BCUT2D eigenvalue weighted by atomic mass is 10.1. The molecule has 6 heteroatoms. The summed E-state index contributed by atoms with van der Waals surface area (Å²) in [4.78, 5) is 6.94. The number of nitrogens with zero attached hydrogens (tertiary/aromatic N) is 4. The van der Waals surface area contributed by atoms with Crippen molar-refractivity contribution in [2.75, 3.05) is 19.7 Å². The average molecular weight is 380 g/mol. The summed E-state index contributed by atoms with van der Waals surface area (Å²) >= 11 is 0. The van der Waals surface area contributed by atoms with E-state index in [4.69, 9.17) is 4.74 Å². The molecule has 2 aromatic heterocycles. The second-order valence-corrected chi connectivity index (χ2v) is 7.14. The highest BCUT2D eigenvalue weighted by atomic mass is 19.1. The number of halogens is 1. The van der Waals surface area contributed by atoms with E-state index in [0.717, 1.165) is 43.1 Å². The maximum atomic E-state index is 14.0. The third-order valence-corrected chi connectivity index (χ3v) is 5.22. The van der Waals surface area contributed by atoms with Crippen LogP contribution in [0.5, 0.6) is 0 Å². The van der Waals surface area contributed by atoms with Crippen molar-refractivity contribution < 1.29 is 9.13 Å². The fraction of sp³-hybridized carbons (Fsp3) is 0.364. The fourth-order valence-electron chi connectivity index (χ4n) is 3.59. The molecule has 1 aliphatic heterocycles. The van der Waals surface area contributed by atoms with Crippen molar-refractivity contribution in [3.8, 4) is 11.1 Å². The second-order valence-electron chi connectivity index (χ2n) is 7.14. The van der Waals surface area contributed by atoms with E-state index in [1.165, 1.54) is 11.6 Å². The van der Waals surface area contributed by atoms with Crippen molar-refractivity contribution in [3.05, 3.63) is 71.6 Å². The first-order valence-corrected chi connectivity index (χ1v) is 9.71. The van der Waals surface area contributed by atoms with E-state index in [1.54, 1.807) is 18.3 Å². The van der Waals surface area contributed by atoms with Gasteiger partial charge in [-0.05, 0) is 26.0 Å². The van der Waals surface area contributed by atoms with Gasteiger partial charge in [0.1, 0.15) is 11.9 Å². The van der Waals surface area contributed by atoms with Crippen LogP contribution in [0.2, 0.25) is 0 Å². The molecular formula is C22H25FN4O. The molecule has 0 radical (unpaired) electrons. The molecule has 1 saturated heterocycles. The van der Waals surface area contributed by atoms with Gasteiger partial charge in [0, 0.05) is 55.3 Å². The fourth-order valence-corrected chi connectivity index (χ4v) is 3.59. The van der Waals surface area contributed by atoms with Gasteiger partial charge in [0.15, 0.2) is 0 Å². The molecule has 0 aliphatic carbocycles. The van der Waals surface area contributed by atoms with Gasteiger partial charge in [-0.1, -0.05) is 24.3 Å². The zero-order valence-corrected chi connectivity index (χ0v) is 16.3. The summed E-state index contributed by atoms with van der Waals surface area (Å²) in [5, 5.41) is 4.53. The summed E-state index contributed by atoms with van der Waals surface area (Å²) in [6, 6.07) is 10.6. The summed E-state index contributed by atoms with van der Waals surface area (Å²) in [6.07, 6.45) is 3.78. The van der Waals surface area contributed by atoms with Crippen LogP contribution in [0.4, 0.5) is 4.39 Å². The highest BCUT2D eigenvalue weighted by Crippen LogP contribution is 2.26. The van der Waals surface area contributed by atoms with Crippen molar-refractivity contribution in [3.63, 3.8) is 0 Å². The first-order chi connectivity index (χ1) is 13.6. The van der Waals surface area contributed by atoms with Crippen LogP contribution in [0.15, 0.2) is 48.8 Å². The Hall–Kier alpha value is -2.57. The molecule has 1 unspecified atom stereocenters. The standard InChI is InChI=1S/C22H25FN4O/c1-3-27-14-18(16(2)25-27)13-26-10-11-28-22(15-26)21-9-8-17(12-24-21)19-6-4-5-7-20(19)23/h4-9,12,14,22H,3,10-11,13,15H2,1-2H3. The summed E-state index contributed by atoms with van der Waals surface area (Å²) in [6.45, 7) is 8.23. The van der Waals surface area contributed by atoms with Crippen LogP contribution in [-0.2, 0) is 17.8 Å². The maximum Gasteiger partial charge on any atom is 0.131 e. The molecule has 3 heterocycles. The van der Waals surface area contributed by atoms with Gasteiger partial charge in [-0.15, -0.1) is 0 Å². The highest BCUT2D eigenvalue weighted by Gasteiger charge is 2.24. The second kappa shape index (κ2) is 8.20. The summed E-state index contributed by atoms with van der Waals surface area (Å²) < 4.78 is 21.9. The zero-order chi connectivity index (χ0) is 19.5. The molecule has 0 bridgehead atoms. The molecule has 28 heavy (non-hydrogen) atoms. The Morgan fingerprint density at radius 1 is 1.21 bits per heavy atom. The minimum absolute atomic E-state index is 0.0788. The Balaban J connectivity index is 1.45. The molecular weight excluding hydrogens is 355 g/mol. The van der Waals surface area contributed by atoms with Crippen molar-refractivity contribution in [1.82, 2.24) is 19.7 Å². The van der Waals surface area contributed by atoms with Crippen LogP contribution in [0.3, 0.4) is 0 Å². The summed E-state index contributed by atoms with van der Waals surface area (Å²) in [5.41, 5.74) is 4.56. The van der Waals surface area contributed by atoms with E-state index in [1.807, 2.05) is 22.9 Å². The topological polar surface area (TPSA) is 43.2 Å². The molecule has 0 amide bonds. The van der Waals surface area contributed by atoms with Gasteiger partial charge < -0.3 is 4.74 Å². The molecule has 1 aliphatic rings. The van der Waals surface area contributed by atoms with Gasteiger partial charge in [0.05, 0.1) is 18.0 Å². The van der Waals surface area contributed by atoms with Gasteiger partial charge in [-0.25, -0.2) is 4.39 Å². The van der Waals surface area contributed by atoms with Crippen molar-refractivity contribution >= 4 is 0 Å². The number of hydrogen-bond acceptors (Lipinski definition) is 4. The van der Waals surface area contributed by atoms with E-state index in [0.29, 0.717) is 12.2 Å². The van der Waals surface area contributed by atoms with Crippen LogP contribution in [-0.4, -0.2) is 39.4 Å². The van der Waals surface area contributed by atoms with E-state index >= 15 is 0 Å². The van der Waals surface area contributed by atoms with Crippen LogP contribution in [0.25, 0.3) is 11.1 Å². The predicted octanol–water partition coefficient (Wildman–Crippen LogP) is 3.99. The monoisotopic (exact) mass is 380 g/mol. The third kappa shape index (κ3) is 3.98. The normalized spacial score (nSPS) is 17.8. The molecule has 0 spiro atoms. The first-order valence-electron chi connectivity index (χ1n) is 9.71. The lowest BCUT2D eigenvalue weighted by Gasteiger charge is -2.32. The van der Waals surface area contributed by atoms with Gasteiger partial charge in [0.25, 0.3) is 0 Å². The van der Waals surface area contributed by atoms with Gasteiger partial charge >= 0.3 is 0 Å². The Labute approximate surface area is 164 Å². The number of benzene rings is 1. The molecule has 1 atom stereocenters. The summed E-state index contributed by atoms with van der Waals surface area (Å²) in [7, 11) is 0. The van der Waals surface area contributed by atoms with Crippen LogP contribution in [0.1, 0.15) is 30.0 Å². The molecule has 1 aromatic carbocycles. The Kier molecular flexibility index (Phi) is 5.50. The minimum atomic E-state index is -0.236. The largest absolute Gasteiger partial charge is 0.369 e. The number of aryl methyl sites for hydroxylation is 2. The molecule has 0 saturated carbocycles. The quantitative estimate of drug-likeness (QED) is 0.671. The van der Waals surface area contributed by atoms with E-state index in [-0.39, 0.29) is 11.9 Å². The van der Waals surface area contributed by atoms with E-state index in [2.05, 4.69) is 35.0 Å². The SMILES string of the molecule is CCn1cc(CN2CCOC(c3ccc(-c4ccccc4F)cn3)C2)c(C)n1. The Morgan fingerprint density at radius 2 is 2.07 bits per heavy atom. The molecule has 5 nitrogen and oxygen atoms in total. The maximum absolute atomic E-state index is 14.0. The highest BCUT2D eigenvalue weighted by molar-refractivity contribution is 5.63. The Bertz CT molecular complexity index is 938. The molecule has 3 aromatic rings. The summed E-state index contributed by atoms with van der Waals surface area (Å²) in [5.74, 6) is -0.236. The number of ether oxygens (including phenoxy) is 1. The molecule has 146 valence electrons. The van der Waals surface area contributed by atoms with Crippen LogP contribution >= 0.6 is 0 Å². The van der Waals surface area contributed by atoms with Crippen LogP contribution < -0.4 is 0 Å². The minimum Gasteiger partial charge on any atom is -0.369 e. The zero-order valence-electron chi connectivity index (χ0n) is 16.3. The molecule has 4 rings (SSSR count). The Morgan fingerprint density at radius 3 is 2.79 bits per heavy atom. The number of aromatic nitrogens is 3.